The third kappa shape index (κ3) is 4.11. The molecule has 7 heteroatoms. The number of aromatic nitrogens is 1. The molecule has 0 fully saturated rings. The van der Waals surface area contributed by atoms with Crippen molar-refractivity contribution < 1.29 is 14.2 Å². The lowest BCUT2D eigenvalue weighted by atomic mass is 10.1. The Morgan fingerprint density at radius 2 is 1.71 bits per heavy atom. The van der Waals surface area contributed by atoms with Gasteiger partial charge in [-0.2, -0.15) is 5.26 Å². The van der Waals surface area contributed by atoms with Gasteiger partial charge in [0, 0.05) is 16.0 Å². The average molecular weight is 413 g/mol. The summed E-state index contributed by atoms with van der Waals surface area (Å²) in [5.74, 6) is 1.54. The van der Waals surface area contributed by atoms with E-state index in [0.717, 1.165) is 16.8 Å². The van der Waals surface area contributed by atoms with E-state index in [1.807, 2.05) is 29.6 Å². The number of methoxy groups -OCH3 is 3. The summed E-state index contributed by atoms with van der Waals surface area (Å²) < 4.78 is 16.1. The number of rotatable bonds is 6. The van der Waals surface area contributed by atoms with Crippen molar-refractivity contribution in [3.8, 4) is 34.6 Å². The first kappa shape index (κ1) is 19.7. The van der Waals surface area contributed by atoms with Crippen LogP contribution < -0.4 is 14.2 Å². The zero-order valence-corrected chi connectivity index (χ0v) is 17.1. The van der Waals surface area contributed by atoms with E-state index < -0.39 is 0 Å². The van der Waals surface area contributed by atoms with Crippen molar-refractivity contribution in [2.24, 2.45) is 0 Å². The number of allylic oxidation sites excluding steroid dienone is 1. The lowest BCUT2D eigenvalue weighted by molar-refractivity contribution is 0.324. The van der Waals surface area contributed by atoms with Crippen molar-refractivity contribution in [3.63, 3.8) is 0 Å². The maximum atomic E-state index is 9.65. The van der Waals surface area contributed by atoms with Gasteiger partial charge in [0.1, 0.15) is 11.1 Å². The Morgan fingerprint density at radius 3 is 2.25 bits per heavy atom. The van der Waals surface area contributed by atoms with Crippen LogP contribution in [0.1, 0.15) is 10.6 Å². The molecular formula is C21H17ClN2O3S. The lowest BCUT2D eigenvalue weighted by Crippen LogP contribution is -1.95. The molecule has 0 unspecified atom stereocenters. The van der Waals surface area contributed by atoms with Crippen LogP contribution in [0.5, 0.6) is 17.2 Å². The lowest BCUT2D eigenvalue weighted by Gasteiger charge is -2.13. The number of benzene rings is 2. The van der Waals surface area contributed by atoms with Crippen LogP contribution in [0.4, 0.5) is 0 Å². The maximum absolute atomic E-state index is 9.65. The van der Waals surface area contributed by atoms with Gasteiger partial charge in [0.2, 0.25) is 5.75 Å². The summed E-state index contributed by atoms with van der Waals surface area (Å²) in [5, 5.41) is 12.9. The van der Waals surface area contributed by atoms with Crippen molar-refractivity contribution in [1.82, 2.24) is 4.98 Å². The van der Waals surface area contributed by atoms with E-state index in [-0.39, 0.29) is 0 Å². The standard InChI is InChI=1S/C21H17ClN2O3S/c1-25-18-9-13(10-19(26-2)20(18)27-3)8-15(11-23)21-24-17(12-28-21)14-4-6-16(22)7-5-14/h4-10,12H,1-3H3/b15-8+. The van der Waals surface area contributed by atoms with Gasteiger partial charge in [-0.15, -0.1) is 11.3 Å². The van der Waals surface area contributed by atoms with Crippen LogP contribution >= 0.6 is 22.9 Å². The Hall–Kier alpha value is -3.01. The Morgan fingerprint density at radius 1 is 1.07 bits per heavy atom. The normalized spacial score (nSPS) is 11.0. The highest BCUT2D eigenvalue weighted by Gasteiger charge is 2.14. The van der Waals surface area contributed by atoms with Crippen molar-refractivity contribution in [3.05, 3.63) is 57.4 Å². The molecule has 0 aliphatic carbocycles. The molecule has 0 spiro atoms. The zero-order valence-electron chi connectivity index (χ0n) is 15.5. The number of nitrogens with zero attached hydrogens (tertiary/aromatic N) is 2. The van der Waals surface area contributed by atoms with Gasteiger partial charge in [-0.25, -0.2) is 4.98 Å². The Labute approximate surface area is 172 Å². The fourth-order valence-corrected chi connectivity index (χ4v) is 3.56. The molecular weight excluding hydrogens is 396 g/mol. The van der Waals surface area contributed by atoms with E-state index in [2.05, 4.69) is 11.1 Å². The first-order valence-electron chi connectivity index (χ1n) is 8.23. The van der Waals surface area contributed by atoms with E-state index in [1.54, 1.807) is 39.5 Å². The van der Waals surface area contributed by atoms with Crippen molar-refractivity contribution in [2.75, 3.05) is 21.3 Å². The van der Waals surface area contributed by atoms with Gasteiger partial charge in [0.05, 0.1) is 32.6 Å². The first-order chi connectivity index (χ1) is 13.6. The molecule has 0 saturated carbocycles. The van der Waals surface area contributed by atoms with E-state index >= 15 is 0 Å². The quantitative estimate of drug-likeness (QED) is 0.496. The van der Waals surface area contributed by atoms with E-state index in [0.29, 0.717) is 32.9 Å². The molecule has 0 aliphatic rings. The molecule has 0 radical (unpaired) electrons. The fraction of sp³-hybridized carbons (Fsp3) is 0.143. The molecule has 28 heavy (non-hydrogen) atoms. The Kier molecular flexibility index (Phi) is 6.19. The summed E-state index contributed by atoms with van der Waals surface area (Å²) in [6.45, 7) is 0. The molecule has 0 N–H and O–H groups in total. The minimum Gasteiger partial charge on any atom is -0.493 e. The molecule has 1 aromatic heterocycles. The summed E-state index contributed by atoms with van der Waals surface area (Å²) >= 11 is 7.35. The van der Waals surface area contributed by atoms with Crippen molar-refractivity contribution in [2.45, 2.75) is 0 Å². The fourth-order valence-electron chi connectivity index (χ4n) is 2.64. The Balaban J connectivity index is 1.99. The maximum Gasteiger partial charge on any atom is 0.203 e. The molecule has 142 valence electrons. The van der Waals surface area contributed by atoms with Gasteiger partial charge in [-0.1, -0.05) is 23.7 Å². The highest BCUT2D eigenvalue weighted by atomic mass is 35.5. The van der Waals surface area contributed by atoms with Crippen LogP contribution in [0, 0.1) is 11.3 Å². The zero-order chi connectivity index (χ0) is 20.1. The van der Waals surface area contributed by atoms with Crippen LogP contribution in [0.2, 0.25) is 5.02 Å². The molecule has 0 aliphatic heterocycles. The van der Waals surface area contributed by atoms with Crippen molar-refractivity contribution in [1.29, 1.82) is 5.26 Å². The minimum absolute atomic E-state index is 0.444. The second kappa shape index (κ2) is 8.79. The van der Waals surface area contributed by atoms with E-state index in [9.17, 15) is 5.26 Å². The van der Waals surface area contributed by atoms with Crippen LogP contribution in [0.25, 0.3) is 22.9 Å². The first-order valence-corrected chi connectivity index (χ1v) is 9.49. The summed E-state index contributed by atoms with van der Waals surface area (Å²) in [6, 6.07) is 13.2. The third-order valence-corrected chi connectivity index (χ3v) is 5.12. The number of hydrogen-bond donors (Lipinski definition) is 0. The smallest absolute Gasteiger partial charge is 0.203 e. The largest absolute Gasteiger partial charge is 0.493 e. The van der Waals surface area contributed by atoms with Crippen molar-refractivity contribution >= 4 is 34.6 Å². The number of ether oxygens (including phenoxy) is 3. The monoisotopic (exact) mass is 412 g/mol. The average Bonchev–Trinajstić information content (AvgIpc) is 3.21. The number of hydrogen-bond acceptors (Lipinski definition) is 6. The van der Waals surface area contributed by atoms with Gasteiger partial charge in [-0.05, 0) is 35.9 Å². The second-order valence-electron chi connectivity index (χ2n) is 5.67. The molecule has 0 saturated heterocycles. The van der Waals surface area contributed by atoms with Gasteiger partial charge in [0.15, 0.2) is 11.5 Å². The van der Waals surface area contributed by atoms with Gasteiger partial charge in [0.25, 0.3) is 0 Å². The number of halogens is 1. The Bertz CT molecular complexity index is 1030. The summed E-state index contributed by atoms with van der Waals surface area (Å²) in [5.41, 5.74) is 2.92. The van der Waals surface area contributed by atoms with Gasteiger partial charge in [-0.3, -0.25) is 0 Å². The molecule has 0 atom stereocenters. The van der Waals surface area contributed by atoms with E-state index in [4.69, 9.17) is 25.8 Å². The molecule has 0 amide bonds. The summed E-state index contributed by atoms with van der Waals surface area (Å²) in [6.07, 6.45) is 1.74. The number of thiazole rings is 1. The van der Waals surface area contributed by atoms with Gasteiger partial charge < -0.3 is 14.2 Å². The minimum atomic E-state index is 0.444. The van der Waals surface area contributed by atoms with Gasteiger partial charge >= 0.3 is 0 Å². The van der Waals surface area contributed by atoms with Crippen LogP contribution in [0.3, 0.4) is 0 Å². The number of nitriles is 1. The SMILES string of the molecule is COc1cc(/C=C(\C#N)c2nc(-c3ccc(Cl)cc3)cs2)cc(OC)c1OC. The van der Waals surface area contributed by atoms with Crippen LogP contribution in [-0.2, 0) is 0 Å². The molecule has 0 bridgehead atoms. The molecule has 3 aromatic rings. The second-order valence-corrected chi connectivity index (χ2v) is 6.97. The predicted octanol–water partition coefficient (Wildman–Crippen LogP) is 5.55. The molecule has 2 aromatic carbocycles. The highest BCUT2D eigenvalue weighted by molar-refractivity contribution is 7.11. The van der Waals surface area contributed by atoms with Crippen LogP contribution in [-0.4, -0.2) is 26.3 Å². The molecule has 1 heterocycles. The predicted molar refractivity (Wildman–Crippen MR) is 112 cm³/mol. The molecule has 5 nitrogen and oxygen atoms in total. The van der Waals surface area contributed by atoms with E-state index in [1.165, 1.54) is 11.3 Å². The van der Waals surface area contributed by atoms with Crippen LogP contribution in [0.15, 0.2) is 41.8 Å². The molecule has 3 rings (SSSR count). The summed E-state index contributed by atoms with van der Waals surface area (Å²) in [4.78, 5) is 4.59. The topological polar surface area (TPSA) is 64.4 Å². The highest BCUT2D eigenvalue weighted by Crippen LogP contribution is 2.39. The third-order valence-electron chi connectivity index (χ3n) is 3.99. The summed E-state index contributed by atoms with van der Waals surface area (Å²) in [7, 11) is 4.65.